The molecule has 0 amide bonds. The summed E-state index contributed by atoms with van der Waals surface area (Å²) in [5, 5.41) is 3.81. The number of aromatic nitrogens is 2. The van der Waals surface area contributed by atoms with Crippen LogP contribution < -0.4 is 5.32 Å². The van der Waals surface area contributed by atoms with E-state index in [0.717, 1.165) is 12.4 Å². The second-order valence-electron chi connectivity index (χ2n) is 5.02. The molecule has 1 aromatic rings. The van der Waals surface area contributed by atoms with Gasteiger partial charge in [-0.15, -0.1) is 0 Å². The van der Waals surface area contributed by atoms with Gasteiger partial charge in [0.15, 0.2) is 0 Å². The minimum Gasteiger partial charge on any atom is -0.370 e. The lowest BCUT2D eigenvalue weighted by molar-refractivity contribution is 0.581. The molecule has 3 nitrogen and oxygen atoms in total. The fourth-order valence-corrected chi connectivity index (χ4v) is 2.32. The molecule has 1 heterocycles. The van der Waals surface area contributed by atoms with Gasteiger partial charge in [0.25, 0.3) is 0 Å². The topological polar surface area (TPSA) is 37.8 Å². The van der Waals surface area contributed by atoms with Crippen LogP contribution in [0.3, 0.4) is 0 Å². The maximum Gasteiger partial charge on any atom is 0.134 e. The van der Waals surface area contributed by atoms with Crippen molar-refractivity contribution in [3.63, 3.8) is 0 Å². The number of aryl methyl sites for hydroxylation is 1. The highest BCUT2D eigenvalue weighted by atomic mass is 35.5. The van der Waals surface area contributed by atoms with Crippen molar-refractivity contribution < 1.29 is 0 Å². The van der Waals surface area contributed by atoms with E-state index in [1.807, 2.05) is 6.92 Å². The van der Waals surface area contributed by atoms with Gasteiger partial charge in [-0.25, -0.2) is 9.97 Å². The molecule has 4 heteroatoms. The fourth-order valence-electron chi connectivity index (χ4n) is 2.10. The molecule has 0 fully saturated rings. The summed E-state index contributed by atoms with van der Waals surface area (Å²) < 4.78 is 0. The smallest absolute Gasteiger partial charge is 0.134 e. The lowest BCUT2D eigenvalue weighted by atomic mass is 10.1. The quantitative estimate of drug-likeness (QED) is 0.485. The van der Waals surface area contributed by atoms with Crippen molar-refractivity contribution >= 4 is 17.4 Å². The summed E-state index contributed by atoms with van der Waals surface area (Å²) in [7, 11) is 0. The molecule has 0 saturated carbocycles. The lowest BCUT2D eigenvalue weighted by Gasteiger charge is -2.06. The highest BCUT2D eigenvalue weighted by Crippen LogP contribution is 2.12. The number of unbranched alkanes of at least 4 members (excludes halogenated alkanes) is 7. The Bertz CT molecular complexity index is 335. The number of anilines is 1. The van der Waals surface area contributed by atoms with Crippen LogP contribution in [-0.4, -0.2) is 16.5 Å². The Hall–Kier alpha value is -0.830. The first-order chi connectivity index (χ1) is 9.22. The molecule has 0 atom stereocenters. The normalized spacial score (nSPS) is 10.7. The molecular weight excluding hydrogens is 258 g/mol. The van der Waals surface area contributed by atoms with Crippen molar-refractivity contribution in [3.8, 4) is 0 Å². The lowest BCUT2D eigenvalue weighted by Crippen LogP contribution is -2.04. The van der Waals surface area contributed by atoms with E-state index in [1.165, 1.54) is 51.4 Å². The van der Waals surface area contributed by atoms with Gasteiger partial charge in [0.1, 0.15) is 16.8 Å². The van der Waals surface area contributed by atoms with E-state index in [2.05, 4.69) is 22.2 Å². The predicted molar refractivity (Wildman–Crippen MR) is 82.9 cm³/mol. The van der Waals surface area contributed by atoms with Crippen LogP contribution in [-0.2, 0) is 0 Å². The molecule has 0 aromatic carbocycles. The largest absolute Gasteiger partial charge is 0.370 e. The van der Waals surface area contributed by atoms with Crippen molar-refractivity contribution in [2.45, 2.75) is 65.2 Å². The standard InChI is InChI=1S/C15H26ClN3/c1-3-4-5-6-7-8-9-10-11-17-15-12-14(16)18-13(2)19-15/h12H,3-11H2,1-2H3,(H,17,18,19). The molecular formula is C15H26ClN3. The van der Waals surface area contributed by atoms with Crippen LogP contribution in [0.25, 0.3) is 0 Å². The number of halogens is 1. The Balaban J connectivity index is 2.01. The first-order valence-corrected chi connectivity index (χ1v) is 7.85. The fraction of sp³-hybridized carbons (Fsp3) is 0.733. The van der Waals surface area contributed by atoms with Crippen LogP contribution in [0, 0.1) is 6.92 Å². The summed E-state index contributed by atoms with van der Waals surface area (Å²) in [5.74, 6) is 1.55. The number of nitrogens with zero attached hydrogens (tertiary/aromatic N) is 2. The Morgan fingerprint density at radius 3 is 2.26 bits per heavy atom. The summed E-state index contributed by atoms with van der Waals surface area (Å²) in [6.07, 6.45) is 10.7. The predicted octanol–water partition coefficient (Wildman–Crippen LogP) is 4.99. The van der Waals surface area contributed by atoms with Crippen LogP contribution in [0.2, 0.25) is 5.15 Å². The van der Waals surface area contributed by atoms with Gasteiger partial charge >= 0.3 is 0 Å². The average Bonchev–Trinajstić information content (AvgIpc) is 2.36. The molecule has 0 aliphatic rings. The molecule has 0 spiro atoms. The van der Waals surface area contributed by atoms with E-state index in [9.17, 15) is 0 Å². The van der Waals surface area contributed by atoms with Gasteiger partial charge in [0.2, 0.25) is 0 Å². The number of rotatable bonds is 10. The van der Waals surface area contributed by atoms with E-state index in [1.54, 1.807) is 6.07 Å². The van der Waals surface area contributed by atoms with Crippen LogP contribution in [0.1, 0.15) is 64.1 Å². The molecule has 0 unspecified atom stereocenters. The molecule has 1 N–H and O–H groups in total. The zero-order valence-corrected chi connectivity index (χ0v) is 13.0. The third-order valence-electron chi connectivity index (χ3n) is 3.14. The zero-order valence-electron chi connectivity index (χ0n) is 12.2. The van der Waals surface area contributed by atoms with E-state index in [4.69, 9.17) is 11.6 Å². The van der Waals surface area contributed by atoms with Gasteiger partial charge in [0.05, 0.1) is 0 Å². The minimum absolute atomic E-state index is 0.505. The van der Waals surface area contributed by atoms with Gasteiger partial charge in [-0.2, -0.15) is 0 Å². The first-order valence-electron chi connectivity index (χ1n) is 7.47. The van der Waals surface area contributed by atoms with Crippen molar-refractivity contribution in [2.75, 3.05) is 11.9 Å². The maximum atomic E-state index is 5.88. The van der Waals surface area contributed by atoms with Crippen molar-refractivity contribution in [2.24, 2.45) is 0 Å². The minimum atomic E-state index is 0.505. The van der Waals surface area contributed by atoms with Crippen LogP contribution in [0.4, 0.5) is 5.82 Å². The highest BCUT2D eigenvalue weighted by Gasteiger charge is 1.99. The van der Waals surface area contributed by atoms with E-state index in [0.29, 0.717) is 11.0 Å². The van der Waals surface area contributed by atoms with Crippen molar-refractivity contribution in [1.29, 1.82) is 0 Å². The Morgan fingerprint density at radius 1 is 1.00 bits per heavy atom. The molecule has 108 valence electrons. The molecule has 19 heavy (non-hydrogen) atoms. The second-order valence-corrected chi connectivity index (χ2v) is 5.41. The first kappa shape index (κ1) is 16.2. The zero-order chi connectivity index (χ0) is 13.9. The monoisotopic (exact) mass is 283 g/mol. The Kier molecular flexibility index (Phi) is 8.55. The van der Waals surface area contributed by atoms with Gasteiger partial charge in [-0.05, 0) is 13.3 Å². The van der Waals surface area contributed by atoms with Crippen LogP contribution in [0.15, 0.2) is 6.07 Å². The Labute approximate surface area is 122 Å². The Morgan fingerprint density at radius 2 is 1.63 bits per heavy atom. The summed E-state index contributed by atoms with van der Waals surface area (Å²) >= 11 is 5.88. The summed E-state index contributed by atoms with van der Waals surface area (Å²) in [5.41, 5.74) is 0. The van der Waals surface area contributed by atoms with E-state index in [-0.39, 0.29) is 0 Å². The molecule has 0 aliphatic carbocycles. The summed E-state index contributed by atoms with van der Waals surface area (Å²) in [6, 6.07) is 1.78. The van der Waals surface area contributed by atoms with Crippen LogP contribution >= 0.6 is 11.6 Å². The van der Waals surface area contributed by atoms with E-state index < -0.39 is 0 Å². The second kappa shape index (κ2) is 10.0. The molecule has 0 aliphatic heterocycles. The molecule has 1 aromatic heterocycles. The molecule has 0 saturated heterocycles. The van der Waals surface area contributed by atoms with Gasteiger partial charge < -0.3 is 5.32 Å². The molecule has 0 bridgehead atoms. The third kappa shape index (κ3) is 8.04. The average molecular weight is 284 g/mol. The maximum absolute atomic E-state index is 5.88. The van der Waals surface area contributed by atoms with Crippen molar-refractivity contribution in [1.82, 2.24) is 9.97 Å². The third-order valence-corrected chi connectivity index (χ3v) is 3.34. The number of hydrogen-bond acceptors (Lipinski definition) is 3. The van der Waals surface area contributed by atoms with Gasteiger partial charge in [-0.1, -0.05) is 63.5 Å². The summed E-state index contributed by atoms with van der Waals surface area (Å²) in [6.45, 7) is 5.07. The van der Waals surface area contributed by atoms with Crippen molar-refractivity contribution in [3.05, 3.63) is 17.0 Å². The highest BCUT2D eigenvalue weighted by molar-refractivity contribution is 6.29. The molecule has 0 radical (unpaired) electrons. The summed E-state index contributed by atoms with van der Waals surface area (Å²) in [4.78, 5) is 8.34. The van der Waals surface area contributed by atoms with E-state index >= 15 is 0 Å². The molecule has 1 rings (SSSR count). The SMILES string of the molecule is CCCCCCCCCCNc1cc(Cl)nc(C)n1. The number of nitrogens with one attached hydrogen (secondary N) is 1. The van der Waals surface area contributed by atoms with Gasteiger partial charge in [-0.3, -0.25) is 0 Å². The number of hydrogen-bond donors (Lipinski definition) is 1. The van der Waals surface area contributed by atoms with Crippen LogP contribution in [0.5, 0.6) is 0 Å². The van der Waals surface area contributed by atoms with Gasteiger partial charge in [0, 0.05) is 12.6 Å².